The molecule has 0 radical (unpaired) electrons. The summed E-state index contributed by atoms with van der Waals surface area (Å²) in [5.41, 5.74) is 4.99. The molecule has 0 aromatic rings. The molecular formula is C9H15N3O4S. The molecule has 3 N–H and O–H groups in total. The van der Waals surface area contributed by atoms with Gasteiger partial charge >= 0.3 is 12.0 Å². The van der Waals surface area contributed by atoms with Gasteiger partial charge in [0.25, 0.3) is 0 Å². The van der Waals surface area contributed by atoms with E-state index in [2.05, 4.69) is 0 Å². The number of hydrogen-bond donors (Lipinski definition) is 2. The van der Waals surface area contributed by atoms with Crippen LogP contribution < -0.4 is 5.73 Å². The molecular weight excluding hydrogens is 246 g/mol. The molecule has 0 bridgehead atoms. The number of amides is 3. The molecule has 0 saturated carbocycles. The Bertz CT molecular complexity index is 301. The monoisotopic (exact) mass is 261 g/mol. The number of carbonyl (C=O) groups excluding carboxylic acids is 2. The van der Waals surface area contributed by atoms with Gasteiger partial charge in [-0.15, -0.1) is 0 Å². The SMILES string of the molecule is NC(=O)CN(CC(=O)O)C(=O)N1CCSCC1. The molecule has 1 rings (SSSR count). The minimum absolute atomic E-state index is 0.366. The highest BCUT2D eigenvalue weighted by Gasteiger charge is 2.25. The molecule has 0 atom stereocenters. The van der Waals surface area contributed by atoms with Crippen LogP contribution in [0.1, 0.15) is 0 Å². The summed E-state index contributed by atoms with van der Waals surface area (Å²) in [7, 11) is 0. The van der Waals surface area contributed by atoms with Crippen LogP contribution in [-0.2, 0) is 9.59 Å². The summed E-state index contributed by atoms with van der Waals surface area (Å²) in [6, 6.07) is -0.438. The summed E-state index contributed by atoms with van der Waals surface area (Å²) in [6.45, 7) is 0.261. The maximum Gasteiger partial charge on any atom is 0.323 e. The Morgan fingerprint density at radius 2 is 1.82 bits per heavy atom. The Kier molecular flexibility index (Phi) is 5.08. The van der Waals surface area contributed by atoms with Crippen LogP contribution >= 0.6 is 11.8 Å². The van der Waals surface area contributed by atoms with E-state index >= 15 is 0 Å². The van der Waals surface area contributed by atoms with Gasteiger partial charge < -0.3 is 20.6 Å². The number of primary amides is 1. The molecule has 7 nitrogen and oxygen atoms in total. The molecule has 17 heavy (non-hydrogen) atoms. The summed E-state index contributed by atoms with van der Waals surface area (Å²) in [5, 5.41) is 8.68. The average Bonchev–Trinajstić information content (AvgIpc) is 2.27. The first-order chi connectivity index (χ1) is 8.00. The van der Waals surface area contributed by atoms with Gasteiger partial charge in [0.05, 0.1) is 0 Å². The topological polar surface area (TPSA) is 104 Å². The van der Waals surface area contributed by atoms with Crippen LogP contribution in [0.2, 0.25) is 0 Å². The molecule has 3 amide bonds. The van der Waals surface area contributed by atoms with E-state index in [1.807, 2.05) is 0 Å². The first-order valence-electron chi connectivity index (χ1n) is 5.12. The number of rotatable bonds is 4. The fourth-order valence-corrected chi connectivity index (χ4v) is 2.40. The molecule has 1 heterocycles. The molecule has 0 aliphatic carbocycles. The van der Waals surface area contributed by atoms with Crippen molar-refractivity contribution in [2.24, 2.45) is 5.73 Å². The smallest absolute Gasteiger partial charge is 0.323 e. The Labute approximate surface area is 103 Å². The molecule has 0 unspecified atom stereocenters. The number of nitrogens with two attached hydrogens (primary N) is 1. The van der Waals surface area contributed by atoms with Crippen molar-refractivity contribution in [3.8, 4) is 0 Å². The van der Waals surface area contributed by atoms with E-state index in [9.17, 15) is 14.4 Å². The predicted octanol–water partition coefficient (Wildman–Crippen LogP) is -0.973. The molecule has 8 heteroatoms. The number of hydrogen-bond acceptors (Lipinski definition) is 4. The van der Waals surface area contributed by atoms with E-state index in [1.165, 1.54) is 0 Å². The number of carboxylic acids is 1. The van der Waals surface area contributed by atoms with E-state index < -0.39 is 24.5 Å². The third kappa shape index (κ3) is 4.51. The highest BCUT2D eigenvalue weighted by molar-refractivity contribution is 7.99. The van der Waals surface area contributed by atoms with Gasteiger partial charge in [-0.25, -0.2) is 4.79 Å². The lowest BCUT2D eigenvalue weighted by molar-refractivity contribution is -0.138. The average molecular weight is 261 g/mol. The fraction of sp³-hybridized carbons (Fsp3) is 0.667. The van der Waals surface area contributed by atoms with Gasteiger partial charge in [0, 0.05) is 24.6 Å². The van der Waals surface area contributed by atoms with Crippen molar-refractivity contribution in [2.45, 2.75) is 0 Å². The second-order valence-corrected chi connectivity index (χ2v) is 4.82. The summed E-state index contributed by atoms with van der Waals surface area (Å²) in [4.78, 5) is 35.8. The quantitative estimate of drug-likeness (QED) is 0.677. The van der Waals surface area contributed by atoms with Crippen LogP contribution in [0.4, 0.5) is 4.79 Å². The molecule has 0 aromatic heterocycles. The first kappa shape index (κ1) is 13.6. The van der Waals surface area contributed by atoms with Crippen LogP contribution in [0.5, 0.6) is 0 Å². The molecule has 1 aliphatic heterocycles. The second kappa shape index (κ2) is 6.33. The van der Waals surface area contributed by atoms with Gasteiger partial charge in [0.15, 0.2) is 0 Å². The lowest BCUT2D eigenvalue weighted by atomic mass is 10.4. The van der Waals surface area contributed by atoms with Crippen molar-refractivity contribution < 1.29 is 19.5 Å². The van der Waals surface area contributed by atoms with Crippen molar-refractivity contribution in [1.29, 1.82) is 0 Å². The lowest BCUT2D eigenvalue weighted by Gasteiger charge is -2.31. The van der Waals surface area contributed by atoms with E-state index in [-0.39, 0.29) is 6.54 Å². The molecule has 1 aliphatic rings. The summed E-state index contributed by atoms with van der Waals surface area (Å²) in [6.07, 6.45) is 0. The molecule has 0 spiro atoms. The standard InChI is InChI=1S/C9H15N3O4S/c10-7(13)5-12(6-8(14)15)9(16)11-1-3-17-4-2-11/h1-6H2,(H2,10,13)(H,14,15). The number of aliphatic carboxylic acids is 1. The Morgan fingerprint density at radius 1 is 1.24 bits per heavy atom. The first-order valence-corrected chi connectivity index (χ1v) is 6.28. The second-order valence-electron chi connectivity index (χ2n) is 3.60. The van der Waals surface area contributed by atoms with Crippen molar-refractivity contribution >= 4 is 29.7 Å². The Balaban J connectivity index is 2.63. The maximum absolute atomic E-state index is 11.9. The fourth-order valence-electron chi connectivity index (χ4n) is 1.50. The van der Waals surface area contributed by atoms with Crippen LogP contribution in [0, 0.1) is 0 Å². The Hall–Kier alpha value is -1.44. The van der Waals surface area contributed by atoms with Crippen molar-refractivity contribution in [2.75, 3.05) is 37.7 Å². The van der Waals surface area contributed by atoms with Gasteiger partial charge in [-0.05, 0) is 0 Å². The van der Waals surface area contributed by atoms with Crippen molar-refractivity contribution in [1.82, 2.24) is 9.80 Å². The van der Waals surface area contributed by atoms with Crippen molar-refractivity contribution in [3.05, 3.63) is 0 Å². The molecule has 1 saturated heterocycles. The summed E-state index contributed by atoms with van der Waals surface area (Å²) in [5.74, 6) is -0.233. The highest BCUT2D eigenvalue weighted by Crippen LogP contribution is 2.11. The maximum atomic E-state index is 11.9. The Morgan fingerprint density at radius 3 is 2.29 bits per heavy atom. The minimum atomic E-state index is -1.16. The normalized spacial score (nSPS) is 15.4. The third-order valence-electron chi connectivity index (χ3n) is 2.22. The molecule has 0 aromatic carbocycles. The summed E-state index contributed by atoms with van der Waals surface area (Å²) >= 11 is 1.74. The third-order valence-corrected chi connectivity index (χ3v) is 3.17. The zero-order chi connectivity index (χ0) is 12.8. The van der Waals surface area contributed by atoms with Gasteiger partial charge in [0.1, 0.15) is 13.1 Å². The van der Waals surface area contributed by atoms with Crippen LogP contribution in [-0.4, -0.2) is 70.5 Å². The number of carboxylic acid groups (broad SMARTS) is 1. The van der Waals surface area contributed by atoms with E-state index in [1.54, 1.807) is 16.7 Å². The van der Waals surface area contributed by atoms with Crippen LogP contribution in [0.3, 0.4) is 0 Å². The summed E-state index contributed by atoms with van der Waals surface area (Å²) < 4.78 is 0. The lowest BCUT2D eigenvalue weighted by Crippen LogP contribution is -2.50. The number of urea groups is 1. The van der Waals surface area contributed by atoms with Crippen LogP contribution in [0.25, 0.3) is 0 Å². The minimum Gasteiger partial charge on any atom is -0.480 e. The van der Waals surface area contributed by atoms with Crippen LogP contribution in [0.15, 0.2) is 0 Å². The highest BCUT2D eigenvalue weighted by atomic mass is 32.2. The van der Waals surface area contributed by atoms with Gasteiger partial charge in [-0.1, -0.05) is 0 Å². The van der Waals surface area contributed by atoms with Gasteiger partial charge in [-0.2, -0.15) is 11.8 Å². The van der Waals surface area contributed by atoms with Gasteiger partial charge in [0.2, 0.25) is 5.91 Å². The molecule has 1 fully saturated rings. The predicted molar refractivity (Wildman–Crippen MR) is 62.7 cm³/mol. The zero-order valence-corrected chi connectivity index (χ0v) is 10.1. The zero-order valence-electron chi connectivity index (χ0n) is 9.29. The van der Waals surface area contributed by atoms with E-state index in [0.717, 1.165) is 16.4 Å². The number of nitrogens with zero attached hydrogens (tertiary/aromatic N) is 2. The number of carbonyl (C=O) groups is 3. The van der Waals surface area contributed by atoms with E-state index in [4.69, 9.17) is 10.8 Å². The van der Waals surface area contributed by atoms with E-state index in [0.29, 0.717) is 13.1 Å². The molecule has 96 valence electrons. The number of thioether (sulfide) groups is 1. The van der Waals surface area contributed by atoms with Gasteiger partial charge in [-0.3, -0.25) is 9.59 Å². The van der Waals surface area contributed by atoms with Crippen molar-refractivity contribution in [3.63, 3.8) is 0 Å². The largest absolute Gasteiger partial charge is 0.480 e.